The number of amides is 2. The monoisotopic (exact) mass is 418 g/mol. The molecule has 26 heavy (non-hydrogen) atoms. The van der Waals surface area contributed by atoms with Gasteiger partial charge in [0.25, 0.3) is 0 Å². The Morgan fingerprint density at radius 2 is 1.73 bits per heavy atom. The van der Waals surface area contributed by atoms with Crippen molar-refractivity contribution in [3.63, 3.8) is 0 Å². The minimum absolute atomic E-state index is 0. The third-order valence-corrected chi connectivity index (χ3v) is 3.92. The number of hydrogen-bond acceptors (Lipinski definition) is 8. The van der Waals surface area contributed by atoms with E-state index in [0.29, 0.717) is 11.8 Å². The molecule has 1 radical (unpaired) electrons. The number of carbonyl (C=O) groups is 5. The molecule has 2 amide bonds. The average molecular weight is 418 g/mol. The summed E-state index contributed by atoms with van der Waals surface area (Å²) < 4.78 is 0. The van der Waals surface area contributed by atoms with Gasteiger partial charge in [0.15, 0.2) is 0 Å². The van der Waals surface area contributed by atoms with E-state index in [1.807, 2.05) is 0 Å². The standard InChI is InChI=1S/C13H21N3O8S.K/c1-6(17)13(24)25-5-8(11(21)15-4-10(19)20)16-9(18)3-2-7(14)12(22)23;/h6-8,17H,2-5,14H2,1H3,(H,15,21)(H,16,18)(H,19,20)(H,22,23);/t6?,7-,8-;/m0./s1. The first-order valence-electron chi connectivity index (χ1n) is 7.16. The Balaban J connectivity index is 0. The second kappa shape index (κ2) is 14.5. The van der Waals surface area contributed by atoms with Crippen molar-refractivity contribution in [2.24, 2.45) is 5.73 Å². The van der Waals surface area contributed by atoms with Crippen LogP contribution in [0.25, 0.3) is 0 Å². The Morgan fingerprint density at radius 3 is 2.19 bits per heavy atom. The molecule has 1 unspecified atom stereocenters. The van der Waals surface area contributed by atoms with E-state index < -0.39 is 53.6 Å². The number of carbonyl (C=O) groups excluding carboxylic acids is 3. The molecule has 143 valence electrons. The van der Waals surface area contributed by atoms with Crippen LogP contribution in [0.3, 0.4) is 0 Å². The summed E-state index contributed by atoms with van der Waals surface area (Å²) in [6.07, 6.45) is -1.70. The zero-order chi connectivity index (χ0) is 19.6. The Labute approximate surface area is 196 Å². The fraction of sp³-hybridized carbons (Fsp3) is 0.615. The van der Waals surface area contributed by atoms with Crippen LogP contribution in [-0.4, -0.2) is 126 Å². The van der Waals surface area contributed by atoms with Crippen molar-refractivity contribution in [2.45, 2.75) is 38.0 Å². The molecule has 0 aliphatic rings. The molecule has 13 heteroatoms. The molecule has 0 spiro atoms. The van der Waals surface area contributed by atoms with Gasteiger partial charge in [0.1, 0.15) is 24.7 Å². The molecule has 0 saturated carbocycles. The van der Waals surface area contributed by atoms with Crippen molar-refractivity contribution in [1.29, 1.82) is 0 Å². The van der Waals surface area contributed by atoms with Crippen LogP contribution in [0.5, 0.6) is 0 Å². The normalized spacial score (nSPS) is 13.5. The molecule has 0 heterocycles. The van der Waals surface area contributed by atoms with E-state index >= 15 is 0 Å². The minimum Gasteiger partial charge on any atom is -0.480 e. The van der Waals surface area contributed by atoms with Crippen LogP contribution in [0, 0.1) is 0 Å². The Bertz CT molecular complexity index is 532. The summed E-state index contributed by atoms with van der Waals surface area (Å²) in [6.45, 7) is 0.560. The van der Waals surface area contributed by atoms with E-state index in [1.54, 1.807) is 0 Å². The zero-order valence-corrected chi connectivity index (χ0v) is 18.4. The molecule has 11 nitrogen and oxygen atoms in total. The number of aliphatic carboxylic acids is 2. The van der Waals surface area contributed by atoms with Crippen LogP contribution >= 0.6 is 11.8 Å². The SMILES string of the molecule is CC(O)C(=O)SC[C@H](NC(=O)CC[C@H](N)C(=O)O)C(=O)NCC(=O)O.[K]. The zero-order valence-electron chi connectivity index (χ0n) is 14.4. The summed E-state index contributed by atoms with van der Waals surface area (Å²) >= 11 is 0.596. The Morgan fingerprint density at radius 1 is 1.15 bits per heavy atom. The molecule has 0 aliphatic heterocycles. The fourth-order valence-electron chi connectivity index (χ4n) is 1.43. The van der Waals surface area contributed by atoms with Crippen LogP contribution < -0.4 is 16.4 Å². The van der Waals surface area contributed by atoms with Gasteiger partial charge in [0.2, 0.25) is 16.9 Å². The van der Waals surface area contributed by atoms with Gasteiger partial charge >= 0.3 is 11.9 Å². The number of nitrogens with one attached hydrogen (secondary N) is 2. The maximum Gasteiger partial charge on any atom is 0.322 e. The van der Waals surface area contributed by atoms with Crippen LogP contribution in [-0.2, 0) is 24.0 Å². The molecular weight excluding hydrogens is 397 g/mol. The van der Waals surface area contributed by atoms with Gasteiger partial charge in [-0.2, -0.15) is 0 Å². The van der Waals surface area contributed by atoms with Gasteiger partial charge in [-0.3, -0.25) is 24.0 Å². The van der Waals surface area contributed by atoms with Crippen molar-refractivity contribution >= 4 is 92.0 Å². The van der Waals surface area contributed by atoms with Crippen molar-refractivity contribution in [2.75, 3.05) is 12.3 Å². The molecule has 0 saturated heterocycles. The van der Waals surface area contributed by atoms with Gasteiger partial charge in [-0.05, 0) is 13.3 Å². The topological polar surface area (TPSA) is 196 Å². The van der Waals surface area contributed by atoms with E-state index in [2.05, 4.69) is 10.6 Å². The number of hydrogen-bond donors (Lipinski definition) is 6. The summed E-state index contributed by atoms with van der Waals surface area (Å²) in [5.41, 5.74) is 5.27. The molecule has 0 aromatic heterocycles. The number of carboxylic acids is 2. The van der Waals surface area contributed by atoms with E-state index in [4.69, 9.17) is 21.1 Å². The molecule has 7 N–H and O–H groups in total. The number of thioether (sulfide) groups is 1. The van der Waals surface area contributed by atoms with Gasteiger partial charge in [0, 0.05) is 63.6 Å². The van der Waals surface area contributed by atoms with Gasteiger partial charge in [-0.25, -0.2) is 0 Å². The number of carboxylic acid groups (broad SMARTS) is 2. The van der Waals surface area contributed by atoms with E-state index in [0.717, 1.165) is 0 Å². The summed E-state index contributed by atoms with van der Waals surface area (Å²) in [5, 5.41) is 30.0. The van der Waals surface area contributed by atoms with Gasteiger partial charge in [0.05, 0.1) is 0 Å². The Kier molecular flexibility index (Phi) is 15.4. The third-order valence-electron chi connectivity index (χ3n) is 2.80. The molecule has 0 bridgehead atoms. The summed E-state index contributed by atoms with van der Waals surface area (Å²) in [7, 11) is 0. The van der Waals surface area contributed by atoms with Gasteiger partial charge in [-0.15, -0.1) is 0 Å². The molecule has 3 atom stereocenters. The van der Waals surface area contributed by atoms with Crippen LogP contribution in [0.4, 0.5) is 0 Å². The maximum absolute atomic E-state index is 11.9. The maximum atomic E-state index is 11.9. The largest absolute Gasteiger partial charge is 0.480 e. The van der Waals surface area contributed by atoms with Gasteiger partial charge < -0.3 is 31.7 Å². The fourth-order valence-corrected chi connectivity index (χ4v) is 2.24. The first kappa shape index (κ1) is 27.7. The number of nitrogens with two attached hydrogens (primary N) is 1. The minimum atomic E-state index is -1.29. The van der Waals surface area contributed by atoms with E-state index in [-0.39, 0.29) is 70.0 Å². The second-order valence-electron chi connectivity index (χ2n) is 5.02. The molecule has 0 fully saturated rings. The number of aliphatic hydroxyl groups excluding tert-OH is 1. The van der Waals surface area contributed by atoms with E-state index in [9.17, 15) is 24.0 Å². The van der Waals surface area contributed by atoms with Crippen molar-refractivity contribution in [3.8, 4) is 0 Å². The predicted octanol–water partition coefficient (Wildman–Crippen LogP) is -2.88. The van der Waals surface area contributed by atoms with Crippen molar-refractivity contribution in [3.05, 3.63) is 0 Å². The quantitative estimate of drug-likeness (QED) is 0.190. The first-order chi connectivity index (χ1) is 11.5. The van der Waals surface area contributed by atoms with Crippen molar-refractivity contribution < 1.29 is 39.3 Å². The molecule has 0 aliphatic carbocycles. The summed E-state index contributed by atoms with van der Waals surface area (Å²) in [5.74, 6) is -4.31. The second-order valence-corrected chi connectivity index (χ2v) is 6.05. The number of aliphatic hydroxyl groups is 1. The van der Waals surface area contributed by atoms with Crippen molar-refractivity contribution in [1.82, 2.24) is 10.6 Å². The van der Waals surface area contributed by atoms with E-state index in [1.165, 1.54) is 6.92 Å². The Hall–Kier alpha value is -0.544. The number of rotatable bonds is 11. The molecule has 0 rings (SSSR count). The summed E-state index contributed by atoms with van der Waals surface area (Å²) in [4.78, 5) is 56.2. The molecule has 0 aromatic rings. The molecule has 0 aromatic carbocycles. The van der Waals surface area contributed by atoms with Crippen LogP contribution in [0.1, 0.15) is 19.8 Å². The smallest absolute Gasteiger partial charge is 0.322 e. The molecular formula is C13H21KN3O8S. The van der Waals surface area contributed by atoms with Gasteiger partial charge in [-0.1, -0.05) is 11.8 Å². The average Bonchev–Trinajstić information content (AvgIpc) is 2.53. The van der Waals surface area contributed by atoms with Crippen LogP contribution in [0.15, 0.2) is 0 Å². The summed E-state index contributed by atoms with van der Waals surface area (Å²) in [6, 6.07) is -2.48. The third kappa shape index (κ3) is 12.8. The van der Waals surface area contributed by atoms with Crippen LogP contribution in [0.2, 0.25) is 0 Å². The first-order valence-corrected chi connectivity index (χ1v) is 8.15. The predicted molar refractivity (Wildman–Crippen MR) is 92.3 cm³/mol.